The topological polar surface area (TPSA) is 93.7 Å². The summed E-state index contributed by atoms with van der Waals surface area (Å²) < 4.78 is 38.2. The number of nitrogens with one attached hydrogen (secondary N) is 2. The molecule has 132 valence electrons. The van der Waals surface area contributed by atoms with E-state index in [4.69, 9.17) is 9.47 Å². The molecule has 8 heteroatoms. The van der Waals surface area contributed by atoms with Crippen molar-refractivity contribution in [3.63, 3.8) is 0 Å². The van der Waals surface area contributed by atoms with E-state index in [1.165, 1.54) is 31.3 Å². The average Bonchev–Trinajstić information content (AvgIpc) is 2.65. The Labute approximate surface area is 146 Å². The largest absolute Gasteiger partial charge is 0.486 e. The number of amides is 1. The highest BCUT2D eigenvalue weighted by molar-refractivity contribution is 7.89. The van der Waals surface area contributed by atoms with Gasteiger partial charge in [0.05, 0.1) is 4.90 Å². The van der Waals surface area contributed by atoms with Gasteiger partial charge in [-0.15, -0.1) is 0 Å². The summed E-state index contributed by atoms with van der Waals surface area (Å²) in [7, 11) is -2.17. The molecular formula is C17H18N2O5S. The van der Waals surface area contributed by atoms with E-state index in [1.54, 1.807) is 18.2 Å². The van der Waals surface area contributed by atoms with Crippen LogP contribution >= 0.6 is 0 Å². The predicted octanol–water partition coefficient (Wildman–Crippen LogP) is 1.30. The van der Waals surface area contributed by atoms with Crippen LogP contribution in [0.2, 0.25) is 0 Å². The minimum absolute atomic E-state index is 0.0951. The third kappa shape index (κ3) is 3.92. The lowest BCUT2D eigenvalue weighted by Crippen LogP contribution is -2.24. The van der Waals surface area contributed by atoms with E-state index in [0.29, 0.717) is 30.3 Å². The maximum absolute atomic E-state index is 12.4. The first-order chi connectivity index (χ1) is 12.0. The van der Waals surface area contributed by atoms with Crippen LogP contribution in [0.15, 0.2) is 47.4 Å². The van der Waals surface area contributed by atoms with Crippen molar-refractivity contribution in [1.29, 1.82) is 0 Å². The fourth-order valence-corrected chi connectivity index (χ4v) is 3.41. The van der Waals surface area contributed by atoms with E-state index < -0.39 is 10.0 Å². The normalized spacial score (nSPS) is 13.3. The Morgan fingerprint density at radius 1 is 1.04 bits per heavy atom. The number of carbonyl (C=O) groups excluding carboxylic acids is 1. The third-order valence-corrected chi connectivity index (χ3v) is 5.14. The zero-order valence-corrected chi connectivity index (χ0v) is 14.4. The number of benzene rings is 2. The first-order valence-corrected chi connectivity index (χ1v) is 9.18. The number of rotatable bonds is 5. The summed E-state index contributed by atoms with van der Waals surface area (Å²) in [6.45, 7) is 1.10. The van der Waals surface area contributed by atoms with Crippen LogP contribution < -0.4 is 19.5 Å². The van der Waals surface area contributed by atoms with E-state index in [0.717, 1.165) is 5.56 Å². The van der Waals surface area contributed by atoms with Crippen molar-refractivity contribution in [1.82, 2.24) is 10.0 Å². The van der Waals surface area contributed by atoms with Crippen molar-refractivity contribution in [2.45, 2.75) is 11.4 Å². The SMILES string of the molecule is CNC(=O)c1ccc(S(=O)(=O)NCc2ccc3c(c2)OCCO3)cc1. The molecule has 0 saturated heterocycles. The average molecular weight is 362 g/mol. The van der Waals surface area contributed by atoms with Gasteiger partial charge in [0.25, 0.3) is 5.91 Å². The van der Waals surface area contributed by atoms with Crippen LogP contribution in [0.4, 0.5) is 0 Å². The Hall–Kier alpha value is -2.58. The van der Waals surface area contributed by atoms with Crippen LogP contribution in [-0.2, 0) is 16.6 Å². The number of ether oxygens (including phenoxy) is 2. The summed E-state index contributed by atoms with van der Waals surface area (Å²) in [6, 6.07) is 11.0. The molecule has 0 spiro atoms. The quantitative estimate of drug-likeness (QED) is 0.836. The molecule has 1 heterocycles. The smallest absolute Gasteiger partial charge is 0.251 e. The summed E-state index contributed by atoms with van der Waals surface area (Å²) in [5, 5.41) is 2.48. The maximum Gasteiger partial charge on any atom is 0.251 e. The van der Waals surface area contributed by atoms with E-state index in [-0.39, 0.29) is 17.3 Å². The van der Waals surface area contributed by atoms with E-state index in [2.05, 4.69) is 10.0 Å². The van der Waals surface area contributed by atoms with Gasteiger partial charge in [-0.1, -0.05) is 6.07 Å². The minimum Gasteiger partial charge on any atom is -0.486 e. The van der Waals surface area contributed by atoms with Gasteiger partial charge in [-0.3, -0.25) is 4.79 Å². The van der Waals surface area contributed by atoms with Crippen LogP contribution in [0, 0.1) is 0 Å². The molecule has 7 nitrogen and oxygen atoms in total. The van der Waals surface area contributed by atoms with Crippen LogP contribution in [0.5, 0.6) is 11.5 Å². The molecule has 2 aromatic carbocycles. The van der Waals surface area contributed by atoms with E-state index >= 15 is 0 Å². The van der Waals surface area contributed by atoms with Gasteiger partial charge < -0.3 is 14.8 Å². The molecule has 1 aliphatic heterocycles. The van der Waals surface area contributed by atoms with Crippen molar-refractivity contribution in [2.75, 3.05) is 20.3 Å². The fraction of sp³-hybridized carbons (Fsp3) is 0.235. The highest BCUT2D eigenvalue weighted by Gasteiger charge is 2.16. The first-order valence-electron chi connectivity index (χ1n) is 7.70. The van der Waals surface area contributed by atoms with Crippen LogP contribution in [0.1, 0.15) is 15.9 Å². The fourth-order valence-electron chi connectivity index (χ4n) is 2.39. The third-order valence-electron chi connectivity index (χ3n) is 3.73. The maximum atomic E-state index is 12.4. The molecule has 0 bridgehead atoms. The lowest BCUT2D eigenvalue weighted by molar-refractivity contribution is 0.0963. The van der Waals surface area contributed by atoms with Gasteiger partial charge in [-0.05, 0) is 42.0 Å². The van der Waals surface area contributed by atoms with Gasteiger partial charge in [0.15, 0.2) is 11.5 Å². The molecule has 0 aromatic heterocycles. The molecule has 2 N–H and O–H groups in total. The molecule has 1 amide bonds. The number of fused-ring (bicyclic) bond motifs is 1. The molecule has 0 unspecified atom stereocenters. The predicted molar refractivity (Wildman–Crippen MR) is 91.3 cm³/mol. The zero-order valence-electron chi connectivity index (χ0n) is 13.6. The van der Waals surface area contributed by atoms with Crippen molar-refractivity contribution in [2.24, 2.45) is 0 Å². The highest BCUT2D eigenvalue weighted by Crippen LogP contribution is 2.30. The summed E-state index contributed by atoms with van der Waals surface area (Å²) in [5.74, 6) is 0.994. The summed E-state index contributed by atoms with van der Waals surface area (Å²) in [5.41, 5.74) is 1.16. The van der Waals surface area contributed by atoms with Crippen molar-refractivity contribution < 1.29 is 22.7 Å². The molecule has 0 aliphatic carbocycles. The van der Waals surface area contributed by atoms with E-state index in [1.807, 2.05) is 0 Å². The molecule has 0 atom stereocenters. The number of carbonyl (C=O) groups is 1. The second kappa shape index (κ2) is 7.12. The number of hydrogen-bond acceptors (Lipinski definition) is 5. The van der Waals surface area contributed by atoms with Gasteiger partial charge in [-0.25, -0.2) is 13.1 Å². The minimum atomic E-state index is -3.68. The van der Waals surface area contributed by atoms with Gasteiger partial charge >= 0.3 is 0 Å². The van der Waals surface area contributed by atoms with Crippen molar-refractivity contribution in [3.8, 4) is 11.5 Å². The molecule has 0 radical (unpaired) electrons. The zero-order chi connectivity index (χ0) is 17.9. The van der Waals surface area contributed by atoms with Crippen LogP contribution in [0.25, 0.3) is 0 Å². The van der Waals surface area contributed by atoms with Crippen molar-refractivity contribution in [3.05, 3.63) is 53.6 Å². The molecule has 1 aliphatic rings. The van der Waals surface area contributed by atoms with Gasteiger partial charge in [0.2, 0.25) is 10.0 Å². The first kappa shape index (κ1) is 17.2. The van der Waals surface area contributed by atoms with Gasteiger partial charge in [0, 0.05) is 19.2 Å². The Kier molecular flexibility index (Phi) is 4.91. The number of hydrogen-bond donors (Lipinski definition) is 2. The Morgan fingerprint density at radius 3 is 2.40 bits per heavy atom. The molecule has 3 rings (SSSR count). The lowest BCUT2D eigenvalue weighted by Gasteiger charge is -2.19. The van der Waals surface area contributed by atoms with Crippen molar-refractivity contribution >= 4 is 15.9 Å². The molecular weight excluding hydrogens is 344 g/mol. The van der Waals surface area contributed by atoms with Crippen LogP contribution in [-0.4, -0.2) is 34.6 Å². The highest BCUT2D eigenvalue weighted by atomic mass is 32.2. The monoisotopic (exact) mass is 362 g/mol. The summed E-state index contributed by atoms with van der Waals surface area (Å²) >= 11 is 0. The second-order valence-corrected chi connectivity index (χ2v) is 7.17. The summed E-state index contributed by atoms with van der Waals surface area (Å²) in [4.78, 5) is 11.6. The van der Waals surface area contributed by atoms with E-state index in [9.17, 15) is 13.2 Å². The molecule has 0 saturated carbocycles. The standard InChI is InChI=1S/C17H18N2O5S/c1-18-17(20)13-3-5-14(6-4-13)25(21,22)19-11-12-2-7-15-16(10-12)24-9-8-23-15/h2-7,10,19H,8-9,11H2,1H3,(H,18,20). The second-order valence-electron chi connectivity index (χ2n) is 5.41. The number of sulfonamides is 1. The Balaban J connectivity index is 1.70. The Bertz CT molecular complexity index is 878. The van der Waals surface area contributed by atoms with Gasteiger partial charge in [0.1, 0.15) is 13.2 Å². The Morgan fingerprint density at radius 2 is 1.72 bits per heavy atom. The molecule has 2 aromatic rings. The molecule has 0 fully saturated rings. The van der Waals surface area contributed by atoms with Crippen LogP contribution in [0.3, 0.4) is 0 Å². The molecule has 25 heavy (non-hydrogen) atoms. The lowest BCUT2D eigenvalue weighted by atomic mass is 10.2. The summed E-state index contributed by atoms with van der Waals surface area (Å²) in [6.07, 6.45) is 0. The van der Waals surface area contributed by atoms with Gasteiger partial charge in [-0.2, -0.15) is 0 Å².